The first kappa shape index (κ1) is 10.9. The first-order valence-electron chi connectivity index (χ1n) is 5.77. The average Bonchev–Trinajstić information content (AvgIpc) is 2.74. The predicted molar refractivity (Wildman–Crippen MR) is 55.5 cm³/mol. The second-order valence-electron chi connectivity index (χ2n) is 4.39. The first-order valence-corrected chi connectivity index (χ1v) is 5.77. The molecule has 0 bridgehead atoms. The van der Waals surface area contributed by atoms with E-state index in [4.69, 9.17) is 9.47 Å². The lowest BCUT2D eigenvalue weighted by Crippen LogP contribution is -2.20. The number of hydrogen-bond acceptors (Lipinski definition) is 4. The molecule has 1 N–H and O–H groups in total. The Bertz CT molecular complexity index is 220. The van der Waals surface area contributed by atoms with Crippen LogP contribution < -0.4 is 5.32 Å². The smallest absolute Gasteiger partial charge is 0.332 e. The Morgan fingerprint density at radius 2 is 2.00 bits per heavy atom. The summed E-state index contributed by atoms with van der Waals surface area (Å²) in [6, 6.07) is 0. The molecule has 2 atom stereocenters. The molecule has 4 heteroatoms. The largest absolute Gasteiger partial charge is 0.464 e. The monoisotopic (exact) mass is 213 g/mol. The van der Waals surface area contributed by atoms with Gasteiger partial charge in [0.05, 0.1) is 12.7 Å². The second kappa shape index (κ2) is 4.94. The van der Waals surface area contributed by atoms with Gasteiger partial charge in [-0.15, -0.1) is 0 Å². The van der Waals surface area contributed by atoms with Crippen molar-refractivity contribution in [2.24, 2.45) is 11.8 Å². The van der Waals surface area contributed by atoms with Crippen molar-refractivity contribution in [3.05, 3.63) is 0 Å². The molecule has 1 saturated carbocycles. The highest BCUT2D eigenvalue weighted by Crippen LogP contribution is 2.35. The summed E-state index contributed by atoms with van der Waals surface area (Å²) in [5.74, 6) is 1.28. The fourth-order valence-corrected chi connectivity index (χ4v) is 2.64. The number of ether oxygens (including phenoxy) is 2. The van der Waals surface area contributed by atoms with E-state index in [0.29, 0.717) is 6.61 Å². The molecule has 0 aromatic carbocycles. The molecule has 0 aromatic heterocycles. The summed E-state index contributed by atoms with van der Waals surface area (Å²) in [5, 5.41) is 3.38. The van der Waals surface area contributed by atoms with Crippen LogP contribution in [0.5, 0.6) is 0 Å². The lowest BCUT2D eigenvalue weighted by molar-refractivity contribution is -0.150. The molecule has 86 valence electrons. The zero-order chi connectivity index (χ0) is 10.7. The molecular weight excluding hydrogens is 194 g/mol. The molecule has 0 aromatic rings. The Kier molecular flexibility index (Phi) is 3.59. The highest BCUT2D eigenvalue weighted by molar-refractivity contribution is 5.70. The van der Waals surface area contributed by atoms with E-state index >= 15 is 0 Å². The van der Waals surface area contributed by atoms with E-state index in [-0.39, 0.29) is 18.7 Å². The molecule has 0 radical (unpaired) electrons. The predicted octanol–water partition coefficient (Wildman–Crippen LogP) is 0.564. The van der Waals surface area contributed by atoms with Gasteiger partial charge in [0.25, 0.3) is 0 Å². The highest BCUT2D eigenvalue weighted by atomic mass is 16.6. The van der Waals surface area contributed by atoms with Crippen molar-refractivity contribution in [1.82, 2.24) is 5.32 Å². The van der Waals surface area contributed by atoms with Crippen LogP contribution in [-0.4, -0.2) is 38.4 Å². The van der Waals surface area contributed by atoms with E-state index in [9.17, 15) is 4.79 Å². The van der Waals surface area contributed by atoms with Gasteiger partial charge in [0.1, 0.15) is 6.61 Å². The van der Waals surface area contributed by atoms with E-state index in [1.165, 1.54) is 0 Å². The van der Waals surface area contributed by atoms with Crippen molar-refractivity contribution in [3.63, 3.8) is 0 Å². The molecule has 0 amide bonds. The zero-order valence-corrected chi connectivity index (χ0v) is 9.20. The van der Waals surface area contributed by atoms with Gasteiger partial charge < -0.3 is 14.8 Å². The molecule has 1 aliphatic carbocycles. The van der Waals surface area contributed by atoms with Crippen molar-refractivity contribution < 1.29 is 14.3 Å². The summed E-state index contributed by atoms with van der Waals surface area (Å²) < 4.78 is 10.4. The first-order chi connectivity index (χ1) is 7.29. The van der Waals surface area contributed by atoms with Crippen LogP contribution >= 0.6 is 0 Å². The number of rotatable bonds is 4. The molecule has 2 rings (SSSR count). The molecule has 15 heavy (non-hydrogen) atoms. The van der Waals surface area contributed by atoms with E-state index in [0.717, 1.165) is 37.8 Å². The summed E-state index contributed by atoms with van der Waals surface area (Å²) in [5.41, 5.74) is 0. The SMILES string of the molecule is CCOC(=O)COC1CC2CNCC2C1. The van der Waals surface area contributed by atoms with Gasteiger partial charge >= 0.3 is 5.97 Å². The van der Waals surface area contributed by atoms with E-state index in [1.807, 2.05) is 6.92 Å². The summed E-state index contributed by atoms with van der Waals surface area (Å²) in [6.45, 7) is 4.59. The minimum atomic E-state index is -0.243. The molecule has 4 nitrogen and oxygen atoms in total. The third kappa shape index (κ3) is 2.69. The van der Waals surface area contributed by atoms with Crippen LogP contribution in [0.4, 0.5) is 0 Å². The van der Waals surface area contributed by atoms with Crippen LogP contribution in [0.2, 0.25) is 0 Å². The minimum Gasteiger partial charge on any atom is -0.464 e. The van der Waals surface area contributed by atoms with Crippen LogP contribution in [0.25, 0.3) is 0 Å². The average molecular weight is 213 g/mol. The molecule has 1 heterocycles. The number of hydrogen-bond donors (Lipinski definition) is 1. The van der Waals surface area contributed by atoms with Crippen molar-refractivity contribution in [2.45, 2.75) is 25.9 Å². The van der Waals surface area contributed by atoms with Crippen LogP contribution in [0, 0.1) is 11.8 Å². The van der Waals surface area contributed by atoms with Gasteiger partial charge in [-0.1, -0.05) is 0 Å². The Morgan fingerprint density at radius 3 is 2.60 bits per heavy atom. The fraction of sp³-hybridized carbons (Fsp3) is 0.909. The number of nitrogens with one attached hydrogen (secondary N) is 1. The second-order valence-corrected chi connectivity index (χ2v) is 4.39. The van der Waals surface area contributed by atoms with Gasteiger partial charge in [-0.2, -0.15) is 0 Å². The maximum atomic E-state index is 11.1. The third-order valence-electron chi connectivity index (χ3n) is 3.35. The summed E-state index contributed by atoms with van der Waals surface area (Å²) >= 11 is 0. The van der Waals surface area contributed by atoms with Crippen molar-refractivity contribution in [1.29, 1.82) is 0 Å². The number of carbonyl (C=O) groups excluding carboxylic acids is 1. The Morgan fingerprint density at radius 1 is 1.33 bits per heavy atom. The molecule has 2 aliphatic rings. The molecule has 1 aliphatic heterocycles. The molecule has 1 saturated heterocycles. The Hall–Kier alpha value is -0.610. The maximum absolute atomic E-state index is 11.1. The minimum absolute atomic E-state index is 0.116. The van der Waals surface area contributed by atoms with Gasteiger partial charge in [0.15, 0.2) is 0 Å². The van der Waals surface area contributed by atoms with Crippen LogP contribution in [0.3, 0.4) is 0 Å². The molecule has 2 unspecified atom stereocenters. The molecule has 2 fully saturated rings. The summed E-state index contributed by atoms with van der Waals surface area (Å²) in [4.78, 5) is 11.1. The summed E-state index contributed by atoms with van der Waals surface area (Å²) in [7, 11) is 0. The normalized spacial score (nSPS) is 34.1. The standard InChI is InChI=1S/C11H19NO3/c1-2-14-11(13)7-15-10-3-8-5-12-6-9(8)4-10/h8-10,12H,2-7H2,1H3. The highest BCUT2D eigenvalue weighted by Gasteiger charge is 2.37. The van der Waals surface area contributed by atoms with Crippen LogP contribution in [0.15, 0.2) is 0 Å². The topological polar surface area (TPSA) is 47.6 Å². The van der Waals surface area contributed by atoms with E-state index in [1.54, 1.807) is 0 Å². The Balaban J connectivity index is 1.67. The number of carbonyl (C=O) groups is 1. The number of esters is 1. The lowest BCUT2D eigenvalue weighted by Gasteiger charge is -2.12. The molecule has 0 spiro atoms. The summed E-state index contributed by atoms with van der Waals surface area (Å²) in [6.07, 6.45) is 2.46. The molecular formula is C11H19NO3. The lowest BCUT2D eigenvalue weighted by atomic mass is 10.0. The van der Waals surface area contributed by atoms with Gasteiger partial charge in [-0.05, 0) is 44.7 Å². The Labute approximate surface area is 90.3 Å². The van der Waals surface area contributed by atoms with E-state index < -0.39 is 0 Å². The quantitative estimate of drug-likeness (QED) is 0.693. The van der Waals surface area contributed by atoms with Crippen molar-refractivity contribution in [3.8, 4) is 0 Å². The van der Waals surface area contributed by atoms with E-state index in [2.05, 4.69) is 5.32 Å². The van der Waals surface area contributed by atoms with Crippen molar-refractivity contribution in [2.75, 3.05) is 26.3 Å². The fourth-order valence-electron chi connectivity index (χ4n) is 2.64. The van der Waals surface area contributed by atoms with Crippen molar-refractivity contribution >= 4 is 5.97 Å². The van der Waals surface area contributed by atoms with Gasteiger partial charge in [0.2, 0.25) is 0 Å². The number of fused-ring (bicyclic) bond motifs is 1. The van der Waals surface area contributed by atoms with Crippen LogP contribution in [-0.2, 0) is 14.3 Å². The van der Waals surface area contributed by atoms with Crippen LogP contribution in [0.1, 0.15) is 19.8 Å². The zero-order valence-electron chi connectivity index (χ0n) is 9.20. The third-order valence-corrected chi connectivity index (χ3v) is 3.35. The van der Waals surface area contributed by atoms with Gasteiger partial charge in [-0.25, -0.2) is 4.79 Å². The van der Waals surface area contributed by atoms with Gasteiger partial charge in [0, 0.05) is 0 Å². The van der Waals surface area contributed by atoms with Gasteiger partial charge in [-0.3, -0.25) is 0 Å². The maximum Gasteiger partial charge on any atom is 0.332 e.